The molecule has 2 nitrogen and oxygen atoms in total. The van der Waals surface area contributed by atoms with Crippen LogP contribution in [0.5, 0.6) is 0 Å². The van der Waals surface area contributed by atoms with Crippen LogP contribution in [-0.2, 0) is 0 Å². The molecule has 0 fully saturated rings. The van der Waals surface area contributed by atoms with E-state index in [1.54, 1.807) is 0 Å². The maximum Gasteiger partial charge on any atom is 0.320 e. The van der Waals surface area contributed by atoms with Gasteiger partial charge in [-0.15, -0.1) is 0 Å². The summed E-state index contributed by atoms with van der Waals surface area (Å²) in [4.78, 5) is 3.28. The number of aromatic nitrogens is 2. The minimum absolute atomic E-state index is 0.296. The number of alkyl halides is 2. The van der Waals surface area contributed by atoms with Crippen molar-refractivity contribution < 1.29 is 8.78 Å². The zero-order valence-electron chi connectivity index (χ0n) is 4.73. The second-order valence-electron chi connectivity index (χ2n) is 1.56. The molecule has 0 saturated heterocycles. The van der Waals surface area contributed by atoms with Gasteiger partial charge in [0.25, 0.3) is 0 Å². The van der Waals surface area contributed by atoms with E-state index in [0.717, 1.165) is 0 Å². The molecule has 1 aromatic heterocycles. The van der Waals surface area contributed by atoms with Crippen LogP contribution in [0, 0.1) is 19.4 Å². The molecule has 0 amide bonds. The Morgan fingerprint density at radius 1 is 1.67 bits per heavy atom. The molecular formula is C5H4F2N2. The van der Waals surface area contributed by atoms with Gasteiger partial charge in [-0.05, 0) is 6.92 Å². The highest BCUT2D eigenvalue weighted by Gasteiger charge is 2.06. The van der Waals surface area contributed by atoms with Gasteiger partial charge in [-0.1, -0.05) is 0 Å². The Bertz CT molecular complexity index is 195. The molecule has 0 aliphatic rings. The number of nitrogens with zero attached hydrogens (tertiary/aromatic N) is 2. The van der Waals surface area contributed by atoms with Crippen molar-refractivity contribution in [2.75, 3.05) is 0 Å². The number of rotatable bonds is 1. The monoisotopic (exact) mass is 130 g/mol. The standard InChI is InChI=1S/C5H4F2N2/c1-4-2-8-3-9(4)5(6)7/h5H,1H3. The lowest BCUT2D eigenvalue weighted by Gasteiger charge is -1.98. The van der Waals surface area contributed by atoms with Crippen molar-refractivity contribution in [2.24, 2.45) is 0 Å². The highest BCUT2D eigenvalue weighted by molar-refractivity contribution is 4.90. The minimum Gasteiger partial charge on any atom is -0.268 e. The van der Waals surface area contributed by atoms with Crippen LogP contribution in [0.1, 0.15) is 12.2 Å². The van der Waals surface area contributed by atoms with E-state index in [1.807, 2.05) is 0 Å². The van der Waals surface area contributed by atoms with E-state index < -0.39 is 6.55 Å². The fraction of sp³-hybridized carbons (Fsp3) is 0.400. The summed E-state index contributed by atoms with van der Waals surface area (Å²) in [5.74, 6) is 0. The molecular weight excluding hydrogens is 126 g/mol. The highest BCUT2D eigenvalue weighted by atomic mass is 19.3. The number of halogens is 2. The third-order valence-corrected chi connectivity index (χ3v) is 0.932. The number of hydrogen-bond acceptors (Lipinski definition) is 1. The number of aryl methyl sites for hydroxylation is 1. The molecule has 4 heteroatoms. The molecule has 2 radical (unpaired) electrons. The second-order valence-corrected chi connectivity index (χ2v) is 1.56. The van der Waals surface area contributed by atoms with Crippen LogP contribution < -0.4 is 0 Å². The third kappa shape index (κ3) is 1.06. The summed E-state index contributed by atoms with van der Waals surface area (Å²) < 4.78 is 24.1. The predicted octanol–water partition coefficient (Wildman–Crippen LogP) is 1.19. The Morgan fingerprint density at radius 2 is 2.33 bits per heavy atom. The summed E-state index contributed by atoms with van der Waals surface area (Å²) in [5.41, 5.74) is 0.296. The lowest BCUT2D eigenvalue weighted by atomic mass is 10.5. The van der Waals surface area contributed by atoms with E-state index in [2.05, 4.69) is 17.5 Å². The third-order valence-electron chi connectivity index (χ3n) is 0.932. The van der Waals surface area contributed by atoms with E-state index in [9.17, 15) is 8.78 Å². The number of hydrogen-bond donors (Lipinski definition) is 0. The van der Waals surface area contributed by atoms with Crippen molar-refractivity contribution in [1.29, 1.82) is 0 Å². The van der Waals surface area contributed by atoms with Crippen molar-refractivity contribution in [3.05, 3.63) is 18.2 Å². The van der Waals surface area contributed by atoms with E-state index in [4.69, 9.17) is 0 Å². The summed E-state index contributed by atoms with van der Waals surface area (Å²) in [6.45, 7) is -1.06. The lowest BCUT2D eigenvalue weighted by molar-refractivity contribution is 0.0673. The molecule has 1 aromatic rings. The average molecular weight is 130 g/mol. The maximum absolute atomic E-state index is 11.7. The minimum atomic E-state index is -2.55. The Balaban J connectivity index is 2.94. The van der Waals surface area contributed by atoms with Gasteiger partial charge in [0, 0.05) is 0 Å². The lowest BCUT2D eigenvalue weighted by Crippen LogP contribution is -1.97. The maximum atomic E-state index is 11.7. The summed E-state index contributed by atoms with van der Waals surface area (Å²) in [6.07, 6.45) is 4.39. The normalized spacial score (nSPS) is 10.7. The first-order valence-corrected chi connectivity index (χ1v) is 2.34. The van der Waals surface area contributed by atoms with Gasteiger partial charge in [0.05, 0.1) is 5.69 Å². The Kier molecular flexibility index (Phi) is 1.46. The first-order valence-electron chi connectivity index (χ1n) is 2.34. The van der Waals surface area contributed by atoms with Gasteiger partial charge in [0.2, 0.25) is 0 Å². The molecule has 1 rings (SSSR count). The Labute approximate surface area is 51.1 Å². The molecule has 0 bridgehead atoms. The molecule has 0 N–H and O–H groups in total. The van der Waals surface area contributed by atoms with Crippen LogP contribution in [0.4, 0.5) is 8.78 Å². The molecule has 0 saturated carbocycles. The molecule has 0 spiro atoms. The molecule has 1 heterocycles. The first-order chi connectivity index (χ1) is 4.22. The van der Waals surface area contributed by atoms with Gasteiger partial charge in [-0.25, -0.2) is 4.98 Å². The van der Waals surface area contributed by atoms with E-state index >= 15 is 0 Å². The van der Waals surface area contributed by atoms with Gasteiger partial charge in [-0.3, -0.25) is 4.57 Å². The summed E-state index contributed by atoms with van der Waals surface area (Å²) >= 11 is 0. The van der Waals surface area contributed by atoms with Crippen LogP contribution in [0.25, 0.3) is 0 Å². The molecule has 0 aliphatic carbocycles. The fourth-order valence-electron chi connectivity index (χ4n) is 0.479. The van der Waals surface area contributed by atoms with Crippen molar-refractivity contribution >= 4 is 0 Å². The summed E-state index contributed by atoms with van der Waals surface area (Å²) in [7, 11) is 0. The molecule has 48 valence electrons. The largest absolute Gasteiger partial charge is 0.320 e. The van der Waals surface area contributed by atoms with Crippen LogP contribution in [-0.4, -0.2) is 9.55 Å². The Morgan fingerprint density at radius 3 is 2.56 bits per heavy atom. The van der Waals surface area contributed by atoms with Crippen LogP contribution >= 0.6 is 0 Å². The van der Waals surface area contributed by atoms with Crippen LogP contribution in [0.2, 0.25) is 0 Å². The highest BCUT2D eigenvalue weighted by Crippen LogP contribution is 2.10. The predicted molar refractivity (Wildman–Crippen MR) is 25.9 cm³/mol. The smallest absolute Gasteiger partial charge is 0.268 e. The van der Waals surface area contributed by atoms with Crippen molar-refractivity contribution in [3.63, 3.8) is 0 Å². The number of imidazole rings is 1. The Hall–Kier alpha value is -0.930. The van der Waals surface area contributed by atoms with Crippen molar-refractivity contribution in [3.8, 4) is 0 Å². The second kappa shape index (κ2) is 2.13. The van der Waals surface area contributed by atoms with Crippen LogP contribution in [0.3, 0.4) is 0 Å². The van der Waals surface area contributed by atoms with E-state index in [-0.39, 0.29) is 0 Å². The molecule has 0 atom stereocenters. The summed E-state index contributed by atoms with van der Waals surface area (Å²) in [5, 5.41) is 0. The van der Waals surface area contributed by atoms with Crippen molar-refractivity contribution in [2.45, 2.75) is 13.5 Å². The quantitative estimate of drug-likeness (QED) is 0.558. The van der Waals surface area contributed by atoms with E-state index in [1.165, 1.54) is 6.92 Å². The summed E-state index contributed by atoms with van der Waals surface area (Å²) in [6, 6.07) is 0. The molecule has 0 aromatic carbocycles. The fourth-order valence-corrected chi connectivity index (χ4v) is 0.479. The average Bonchev–Trinajstić information content (AvgIpc) is 2.13. The van der Waals surface area contributed by atoms with Gasteiger partial charge >= 0.3 is 6.55 Å². The zero-order chi connectivity index (χ0) is 6.85. The molecule has 0 aliphatic heterocycles. The van der Waals surface area contributed by atoms with Gasteiger partial charge in [0.15, 0.2) is 6.33 Å². The van der Waals surface area contributed by atoms with Crippen molar-refractivity contribution in [1.82, 2.24) is 9.55 Å². The molecule has 9 heavy (non-hydrogen) atoms. The first kappa shape index (κ1) is 6.19. The molecule has 0 unspecified atom stereocenters. The topological polar surface area (TPSA) is 17.8 Å². The van der Waals surface area contributed by atoms with Gasteiger partial charge < -0.3 is 0 Å². The van der Waals surface area contributed by atoms with Gasteiger partial charge in [0.1, 0.15) is 6.20 Å². The zero-order valence-corrected chi connectivity index (χ0v) is 4.73. The van der Waals surface area contributed by atoms with Gasteiger partial charge in [-0.2, -0.15) is 8.78 Å². The van der Waals surface area contributed by atoms with Crippen LogP contribution in [0.15, 0.2) is 0 Å². The SMILES string of the molecule is Cc1[c]n[c]n1C(F)F. The van der Waals surface area contributed by atoms with E-state index in [0.29, 0.717) is 10.3 Å².